The molecular formula is C25H33NO2. The Kier molecular flexibility index (Phi) is 4.16. The van der Waals surface area contributed by atoms with Crippen molar-refractivity contribution in [1.82, 2.24) is 5.32 Å². The fraction of sp³-hybridized carbons (Fsp3) is 0.640. The minimum absolute atomic E-state index is 0.0991. The van der Waals surface area contributed by atoms with E-state index in [0.717, 1.165) is 24.0 Å². The molecule has 5 rings (SSSR count). The van der Waals surface area contributed by atoms with E-state index < -0.39 is 0 Å². The lowest BCUT2D eigenvalue weighted by molar-refractivity contribution is -0.122. The van der Waals surface area contributed by atoms with Crippen LogP contribution in [-0.2, 0) is 4.79 Å². The maximum absolute atomic E-state index is 11.9. The predicted molar refractivity (Wildman–Crippen MR) is 111 cm³/mol. The van der Waals surface area contributed by atoms with Gasteiger partial charge in [0.2, 0.25) is 5.91 Å². The molecule has 0 aromatic heterocycles. The van der Waals surface area contributed by atoms with Crippen LogP contribution < -0.4 is 10.1 Å². The van der Waals surface area contributed by atoms with Gasteiger partial charge in [0.05, 0.1) is 7.11 Å². The first-order valence-corrected chi connectivity index (χ1v) is 11.1. The maximum Gasteiger partial charge on any atom is 0.243 e. The average molecular weight is 380 g/mol. The standard InChI is InChI=1S/C25H33NO2/c1-24-14-12-21-18(8-11-22-25(21,2)15-13-23(27)26-22)20(24)10-9-19(24)16-4-6-17(28-3)7-5-16/h4-7,13,15,18-22H,8-12,14H2,1-3H3,(H,26,27)/t18-,19+,20-,21-,22+,24+,25+/m0/s1. The van der Waals surface area contributed by atoms with Crippen molar-refractivity contribution in [1.29, 1.82) is 0 Å². The summed E-state index contributed by atoms with van der Waals surface area (Å²) in [6.45, 7) is 4.98. The Labute approximate surface area is 168 Å². The number of amides is 1. The molecule has 0 spiro atoms. The summed E-state index contributed by atoms with van der Waals surface area (Å²) in [4.78, 5) is 11.9. The van der Waals surface area contributed by atoms with Crippen LogP contribution >= 0.6 is 0 Å². The zero-order valence-electron chi connectivity index (χ0n) is 17.4. The summed E-state index contributed by atoms with van der Waals surface area (Å²) in [5, 5.41) is 3.27. The van der Waals surface area contributed by atoms with Gasteiger partial charge in [0.15, 0.2) is 0 Å². The third-order valence-corrected chi connectivity index (χ3v) is 9.20. The molecule has 3 fully saturated rings. The van der Waals surface area contributed by atoms with Gasteiger partial charge < -0.3 is 10.1 Å². The summed E-state index contributed by atoms with van der Waals surface area (Å²) < 4.78 is 5.37. The van der Waals surface area contributed by atoms with E-state index in [4.69, 9.17) is 4.74 Å². The summed E-state index contributed by atoms with van der Waals surface area (Å²) >= 11 is 0. The molecular weight excluding hydrogens is 346 g/mol. The van der Waals surface area contributed by atoms with Gasteiger partial charge in [0, 0.05) is 11.5 Å². The normalized spacial score (nSPS) is 44.2. The van der Waals surface area contributed by atoms with Crippen LogP contribution in [0, 0.1) is 28.6 Å². The highest BCUT2D eigenvalue weighted by Gasteiger charge is 2.59. The number of carbonyl (C=O) groups excluding carboxylic acids is 1. The van der Waals surface area contributed by atoms with E-state index in [2.05, 4.69) is 49.5 Å². The largest absolute Gasteiger partial charge is 0.497 e. The van der Waals surface area contributed by atoms with Crippen LogP contribution in [-0.4, -0.2) is 19.1 Å². The van der Waals surface area contributed by atoms with Crippen molar-refractivity contribution >= 4 is 5.91 Å². The van der Waals surface area contributed by atoms with E-state index in [9.17, 15) is 4.79 Å². The molecule has 3 heteroatoms. The predicted octanol–water partition coefficient (Wildman–Crippen LogP) is 5.08. The summed E-state index contributed by atoms with van der Waals surface area (Å²) in [6.07, 6.45) is 11.7. The molecule has 1 N–H and O–H groups in total. The first kappa shape index (κ1) is 18.3. The summed E-state index contributed by atoms with van der Waals surface area (Å²) in [7, 11) is 1.74. The summed E-state index contributed by atoms with van der Waals surface area (Å²) in [6, 6.07) is 9.16. The van der Waals surface area contributed by atoms with Crippen LogP contribution in [0.4, 0.5) is 0 Å². The molecule has 1 heterocycles. The van der Waals surface area contributed by atoms with E-state index >= 15 is 0 Å². The third-order valence-electron chi connectivity index (χ3n) is 9.20. The van der Waals surface area contributed by atoms with Gasteiger partial charge in [-0.25, -0.2) is 0 Å². The maximum atomic E-state index is 11.9. The van der Waals surface area contributed by atoms with Gasteiger partial charge >= 0.3 is 0 Å². The molecule has 7 atom stereocenters. The molecule has 1 amide bonds. The lowest BCUT2D eigenvalue weighted by Crippen LogP contribution is -2.59. The van der Waals surface area contributed by atoms with Gasteiger partial charge in [-0.1, -0.05) is 32.1 Å². The van der Waals surface area contributed by atoms with E-state index in [1.165, 1.54) is 37.7 Å². The molecule has 0 saturated heterocycles. The van der Waals surface area contributed by atoms with E-state index in [1.54, 1.807) is 13.2 Å². The van der Waals surface area contributed by atoms with Crippen molar-refractivity contribution < 1.29 is 9.53 Å². The second-order valence-corrected chi connectivity index (χ2v) is 10.2. The molecule has 1 aliphatic heterocycles. The van der Waals surface area contributed by atoms with E-state index in [1.807, 2.05) is 0 Å². The Bertz CT molecular complexity index is 799. The highest BCUT2D eigenvalue weighted by atomic mass is 16.5. The smallest absolute Gasteiger partial charge is 0.243 e. The number of carbonyl (C=O) groups is 1. The fourth-order valence-electron chi connectivity index (χ4n) is 7.72. The molecule has 4 aliphatic rings. The third kappa shape index (κ3) is 2.51. The van der Waals surface area contributed by atoms with Crippen molar-refractivity contribution in [2.45, 2.75) is 64.3 Å². The number of rotatable bonds is 2. The van der Waals surface area contributed by atoms with Gasteiger partial charge in [0.1, 0.15) is 5.75 Å². The number of methoxy groups -OCH3 is 1. The number of ether oxygens (including phenoxy) is 1. The molecule has 1 aromatic carbocycles. The number of benzene rings is 1. The molecule has 150 valence electrons. The highest BCUT2D eigenvalue weighted by Crippen LogP contribution is 2.67. The van der Waals surface area contributed by atoms with Crippen molar-refractivity contribution in [3.05, 3.63) is 42.0 Å². The van der Waals surface area contributed by atoms with Gasteiger partial charge in [0.25, 0.3) is 0 Å². The first-order valence-electron chi connectivity index (χ1n) is 11.1. The lowest BCUT2D eigenvalue weighted by atomic mass is 9.47. The molecule has 1 aromatic rings. The Balaban J connectivity index is 1.43. The Morgan fingerprint density at radius 3 is 2.54 bits per heavy atom. The van der Waals surface area contributed by atoms with Crippen LogP contribution in [0.2, 0.25) is 0 Å². The average Bonchev–Trinajstić information content (AvgIpc) is 3.06. The van der Waals surface area contributed by atoms with Crippen molar-refractivity contribution in [3.63, 3.8) is 0 Å². The summed E-state index contributed by atoms with van der Waals surface area (Å²) in [5.41, 5.74) is 2.03. The van der Waals surface area contributed by atoms with Gasteiger partial charge in [-0.2, -0.15) is 0 Å². The number of hydrogen-bond acceptors (Lipinski definition) is 2. The molecule has 28 heavy (non-hydrogen) atoms. The molecule has 0 unspecified atom stereocenters. The summed E-state index contributed by atoms with van der Waals surface area (Å²) in [5.74, 6) is 4.02. The van der Waals surface area contributed by atoms with Crippen LogP contribution in [0.5, 0.6) is 5.75 Å². The molecule has 3 nitrogen and oxygen atoms in total. The monoisotopic (exact) mass is 379 g/mol. The quantitative estimate of drug-likeness (QED) is 0.778. The number of hydrogen-bond donors (Lipinski definition) is 1. The van der Waals surface area contributed by atoms with Gasteiger partial charge in [-0.05, 0) is 91.4 Å². The molecule has 3 saturated carbocycles. The number of fused-ring (bicyclic) bond motifs is 5. The lowest BCUT2D eigenvalue weighted by Gasteiger charge is -2.59. The Morgan fingerprint density at radius 1 is 1.00 bits per heavy atom. The fourth-order valence-corrected chi connectivity index (χ4v) is 7.72. The van der Waals surface area contributed by atoms with Crippen molar-refractivity contribution in [2.75, 3.05) is 7.11 Å². The SMILES string of the molecule is COc1ccc([C@H]2CC[C@H]3[C@@H]4CC[C@H]5NC(=O)C=C[C@]5(C)[C@H]4CC[C@]23C)cc1. The molecule has 3 aliphatic carbocycles. The Hall–Kier alpha value is -1.77. The molecule has 0 bridgehead atoms. The van der Waals surface area contributed by atoms with E-state index in [0.29, 0.717) is 23.3 Å². The minimum Gasteiger partial charge on any atom is -0.497 e. The molecule has 0 radical (unpaired) electrons. The van der Waals surface area contributed by atoms with Crippen LogP contribution in [0.1, 0.15) is 63.9 Å². The van der Waals surface area contributed by atoms with Crippen LogP contribution in [0.15, 0.2) is 36.4 Å². The van der Waals surface area contributed by atoms with Crippen molar-refractivity contribution in [3.8, 4) is 5.75 Å². The second kappa shape index (κ2) is 6.37. The van der Waals surface area contributed by atoms with Gasteiger partial charge in [-0.15, -0.1) is 0 Å². The van der Waals surface area contributed by atoms with Crippen molar-refractivity contribution in [2.24, 2.45) is 28.6 Å². The van der Waals surface area contributed by atoms with Gasteiger partial charge in [-0.3, -0.25) is 4.79 Å². The van der Waals surface area contributed by atoms with Crippen LogP contribution in [0.3, 0.4) is 0 Å². The zero-order valence-corrected chi connectivity index (χ0v) is 17.4. The highest BCUT2D eigenvalue weighted by molar-refractivity contribution is 5.89. The zero-order chi connectivity index (χ0) is 19.5. The first-order chi connectivity index (χ1) is 13.5. The Morgan fingerprint density at radius 2 is 1.79 bits per heavy atom. The topological polar surface area (TPSA) is 38.3 Å². The second-order valence-electron chi connectivity index (χ2n) is 10.2. The number of nitrogens with one attached hydrogen (secondary N) is 1. The van der Waals surface area contributed by atoms with Crippen LogP contribution in [0.25, 0.3) is 0 Å². The van der Waals surface area contributed by atoms with E-state index in [-0.39, 0.29) is 11.3 Å². The minimum atomic E-state index is 0.0991.